The molecule has 1 aromatic heterocycles. The summed E-state index contributed by atoms with van der Waals surface area (Å²) in [6.07, 6.45) is 0. The van der Waals surface area contributed by atoms with Crippen molar-refractivity contribution in [1.29, 1.82) is 0 Å². The third kappa shape index (κ3) is 5.28. The molecule has 2 aromatic rings. The lowest BCUT2D eigenvalue weighted by Gasteiger charge is -2.37. The lowest BCUT2D eigenvalue weighted by atomic mass is 10.1. The van der Waals surface area contributed by atoms with Gasteiger partial charge in [-0.15, -0.1) is 11.3 Å². The number of ether oxygens (including phenoxy) is 1. The molecule has 2 aliphatic heterocycles. The van der Waals surface area contributed by atoms with Gasteiger partial charge in [0.2, 0.25) is 0 Å². The molecule has 3 heterocycles. The van der Waals surface area contributed by atoms with Crippen molar-refractivity contribution in [2.75, 3.05) is 63.9 Å². The number of anilines is 1. The van der Waals surface area contributed by atoms with Crippen molar-refractivity contribution in [2.24, 2.45) is 0 Å². The number of morpholine rings is 1. The van der Waals surface area contributed by atoms with Crippen LogP contribution in [0.15, 0.2) is 35.7 Å². The van der Waals surface area contributed by atoms with E-state index in [9.17, 15) is 14.0 Å². The maximum atomic E-state index is 14.5. The van der Waals surface area contributed by atoms with E-state index >= 15 is 0 Å². The molecular weight excluding hydrogens is 431 g/mol. The molecule has 2 aliphatic rings. The topological polar surface area (TPSA) is 65.1 Å². The van der Waals surface area contributed by atoms with Crippen LogP contribution in [0.25, 0.3) is 0 Å². The van der Waals surface area contributed by atoms with E-state index in [1.54, 1.807) is 28.4 Å². The lowest BCUT2D eigenvalue weighted by Crippen LogP contribution is -2.53. The number of halogens is 1. The normalized spacial score (nSPS) is 18.4. The number of piperazine rings is 1. The smallest absolute Gasteiger partial charge is 0.317 e. The molecule has 32 heavy (non-hydrogen) atoms. The molecule has 172 valence electrons. The lowest BCUT2D eigenvalue weighted by molar-refractivity contribution is 0.0171. The fourth-order valence-corrected chi connectivity index (χ4v) is 5.07. The van der Waals surface area contributed by atoms with E-state index < -0.39 is 5.82 Å². The molecular formula is C23H29FN4O3S. The number of hydrogen-bond donors (Lipinski definition) is 1. The van der Waals surface area contributed by atoms with Crippen molar-refractivity contribution in [3.63, 3.8) is 0 Å². The average molecular weight is 461 g/mol. The van der Waals surface area contributed by atoms with E-state index in [0.717, 1.165) is 13.1 Å². The molecule has 0 unspecified atom stereocenters. The first kappa shape index (κ1) is 22.7. The Kier molecular flexibility index (Phi) is 7.39. The van der Waals surface area contributed by atoms with Crippen LogP contribution in [-0.2, 0) is 4.74 Å². The third-order valence-corrected chi connectivity index (χ3v) is 7.04. The molecule has 2 amide bonds. The highest BCUT2D eigenvalue weighted by Gasteiger charge is 2.27. The van der Waals surface area contributed by atoms with Gasteiger partial charge in [0.15, 0.2) is 5.78 Å². The zero-order valence-electron chi connectivity index (χ0n) is 18.3. The van der Waals surface area contributed by atoms with Crippen LogP contribution in [0.3, 0.4) is 0 Å². The molecule has 1 aromatic carbocycles. The molecule has 2 fully saturated rings. The van der Waals surface area contributed by atoms with E-state index in [1.165, 1.54) is 17.9 Å². The Balaban J connectivity index is 1.31. The van der Waals surface area contributed by atoms with Crippen LogP contribution < -0.4 is 10.2 Å². The molecule has 0 saturated carbocycles. The van der Waals surface area contributed by atoms with Gasteiger partial charge >= 0.3 is 6.03 Å². The first-order chi connectivity index (χ1) is 15.5. The van der Waals surface area contributed by atoms with Gasteiger partial charge in [0.05, 0.1) is 24.9 Å². The van der Waals surface area contributed by atoms with E-state index in [-0.39, 0.29) is 17.9 Å². The van der Waals surface area contributed by atoms with Crippen molar-refractivity contribution >= 4 is 28.8 Å². The molecule has 0 bridgehead atoms. The predicted octanol–water partition coefficient (Wildman–Crippen LogP) is 2.99. The molecule has 0 aliphatic carbocycles. The van der Waals surface area contributed by atoms with Crippen LogP contribution in [0.4, 0.5) is 14.9 Å². The summed E-state index contributed by atoms with van der Waals surface area (Å²) < 4.78 is 20.0. The zero-order chi connectivity index (χ0) is 22.5. The van der Waals surface area contributed by atoms with Crippen LogP contribution >= 0.6 is 11.3 Å². The summed E-state index contributed by atoms with van der Waals surface area (Å²) >= 11 is 1.70. The van der Waals surface area contributed by atoms with Gasteiger partial charge in [0, 0.05) is 56.3 Å². The number of urea groups is 1. The minimum atomic E-state index is -0.403. The third-order valence-electron chi connectivity index (χ3n) is 6.07. The Hall–Kier alpha value is -2.49. The summed E-state index contributed by atoms with van der Waals surface area (Å²) in [6, 6.07) is 8.78. The van der Waals surface area contributed by atoms with Crippen LogP contribution in [0.2, 0.25) is 0 Å². The second-order valence-electron chi connectivity index (χ2n) is 8.06. The summed E-state index contributed by atoms with van der Waals surface area (Å²) in [5.41, 5.74) is 0.838. The predicted molar refractivity (Wildman–Crippen MR) is 123 cm³/mol. The second kappa shape index (κ2) is 10.4. The molecule has 9 heteroatoms. The van der Waals surface area contributed by atoms with Crippen molar-refractivity contribution in [2.45, 2.75) is 13.0 Å². The van der Waals surface area contributed by atoms with E-state index in [4.69, 9.17) is 4.74 Å². The molecule has 1 atom stereocenters. The van der Waals surface area contributed by atoms with Gasteiger partial charge < -0.3 is 19.9 Å². The number of benzene rings is 1. The van der Waals surface area contributed by atoms with Crippen LogP contribution in [-0.4, -0.2) is 80.6 Å². The number of amides is 2. The number of thiophene rings is 1. The van der Waals surface area contributed by atoms with Crippen molar-refractivity contribution < 1.29 is 18.7 Å². The van der Waals surface area contributed by atoms with Crippen LogP contribution in [0.5, 0.6) is 0 Å². The highest BCUT2D eigenvalue weighted by atomic mass is 32.1. The van der Waals surface area contributed by atoms with E-state index in [0.29, 0.717) is 57.2 Å². The van der Waals surface area contributed by atoms with E-state index in [1.807, 2.05) is 11.0 Å². The fraction of sp³-hybridized carbons (Fsp3) is 0.478. The number of carbonyl (C=O) groups is 2. The maximum Gasteiger partial charge on any atom is 0.317 e. The summed E-state index contributed by atoms with van der Waals surface area (Å²) in [6.45, 7) is 7.21. The van der Waals surface area contributed by atoms with Gasteiger partial charge in [-0.1, -0.05) is 6.07 Å². The number of hydrogen-bond acceptors (Lipinski definition) is 6. The summed E-state index contributed by atoms with van der Waals surface area (Å²) in [4.78, 5) is 31.6. The van der Waals surface area contributed by atoms with E-state index in [2.05, 4.69) is 21.7 Å². The Morgan fingerprint density at radius 3 is 2.50 bits per heavy atom. The highest BCUT2D eigenvalue weighted by Crippen LogP contribution is 2.26. The van der Waals surface area contributed by atoms with Crippen LogP contribution in [0, 0.1) is 5.82 Å². The molecule has 7 nitrogen and oxygen atoms in total. The van der Waals surface area contributed by atoms with Gasteiger partial charge in [-0.2, -0.15) is 0 Å². The largest absolute Gasteiger partial charge is 0.379 e. The fourth-order valence-electron chi connectivity index (χ4n) is 4.21. The Bertz CT molecular complexity index is 925. The number of nitrogens with zero attached hydrogens (tertiary/aromatic N) is 3. The number of rotatable bonds is 6. The Morgan fingerprint density at radius 1 is 1.12 bits per heavy atom. The standard InChI is InChI=1S/C23H29FN4O3S/c1-17(29)18-4-5-20(19(24)15-18)26-6-8-28(9-7-26)23(30)25-16-21(22-3-2-14-32-22)27-10-12-31-13-11-27/h2-5,14-15,21H,6-13,16H2,1H3,(H,25,30)/t21-/m1/s1. The number of carbonyl (C=O) groups excluding carboxylic acids is 2. The summed E-state index contributed by atoms with van der Waals surface area (Å²) in [5, 5.41) is 5.17. The van der Waals surface area contributed by atoms with Gasteiger partial charge in [-0.25, -0.2) is 9.18 Å². The molecule has 0 radical (unpaired) electrons. The first-order valence-corrected chi connectivity index (χ1v) is 11.8. The SMILES string of the molecule is CC(=O)c1ccc(N2CCN(C(=O)NC[C@H](c3cccs3)N3CCOCC3)CC2)c(F)c1. The molecule has 1 N–H and O–H groups in total. The Labute approximate surface area is 191 Å². The molecule has 4 rings (SSSR count). The minimum Gasteiger partial charge on any atom is -0.379 e. The van der Waals surface area contributed by atoms with Gasteiger partial charge in [0.1, 0.15) is 5.82 Å². The molecule has 0 spiro atoms. The maximum absolute atomic E-state index is 14.5. The summed E-state index contributed by atoms with van der Waals surface area (Å²) in [5.74, 6) is -0.560. The van der Waals surface area contributed by atoms with Gasteiger partial charge in [-0.05, 0) is 36.6 Å². The minimum absolute atomic E-state index is 0.0909. The van der Waals surface area contributed by atoms with Gasteiger partial charge in [-0.3, -0.25) is 9.69 Å². The molecule has 2 saturated heterocycles. The first-order valence-electron chi connectivity index (χ1n) is 11.0. The van der Waals surface area contributed by atoms with Gasteiger partial charge in [0.25, 0.3) is 0 Å². The second-order valence-corrected chi connectivity index (χ2v) is 9.04. The monoisotopic (exact) mass is 460 g/mol. The van der Waals surface area contributed by atoms with Crippen molar-refractivity contribution in [3.8, 4) is 0 Å². The number of nitrogens with one attached hydrogen (secondary N) is 1. The quantitative estimate of drug-likeness (QED) is 0.672. The number of ketones is 1. The highest BCUT2D eigenvalue weighted by molar-refractivity contribution is 7.10. The van der Waals surface area contributed by atoms with Crippen LogP contribution in [0.1, 0.15) is 28.2 Å². The zero-order valence-corrected chi connectivity index (χ0v) is 19.1. The Morgan fingerprint density at radius 2 is 1.88 bits per heavy atom. The average Bonchev–Trinajstić information content (AvgIpc) is 3.34. The van der Waals surface area contributed by atoms with Crippen molar-refractivity contribution in [3.05, 3.63) is 52.0 Å². The summed E-state index contributed by atoms with van der Waals surface area (Å²) in [7, 11) is 0. The number of Topliss-reactive ketones (excluding diaryl/α,β-unsaturated/α-hetero) is 1. The van der Waals surface area contributed by atoms with Crippen molar-refractivity contribution in [1.82, 2.24) is 15.1 Å².